The van der Waals surface area contributed by atoms with Crippen LogP contribution < -0.4 is 5.32 Å². The van der Waals surface area contributed by atoms with E-state index in [4.69, 9.17) is 4.74 Å². The molecule has 1 aliphatic rings. The summed E-state index contributed by atoms with van der Waals surface area (Å²) in [6.07, 6.45) is -0.0761. The Morgan fingerprint density at radius 1 is 1.52 bits per heavy atom. The first-order valence-corrected chi connectivity index (χ1v) is 7.79. The number of nitrogens with one attached hydrogen (secondary N) is 1. The van der Waals surface area contributed by atoms with Crippen molar-refractivity contribution in [2.24, 2.45) is 0 Å². The minimum atomic E-state index is -0.240. The number of benzene rings is 1. The second-order valence-electron chi connectivity index (χ2n) is 4.99. The minimum absolute atomic E-state index is 0. The summed E-state index contributed by atoms with van der Waals surface area (Å²) in [6.45, 7) is 6.67. The maximum atomic E-state index is 12.6. The van der Waals surface area contributed by atoms with Crippen LogP contribution in [0.4, 0.5) is 0 Å². The Morgan fingerprint density at radius 3 is 2.90 bits per heavy atom. The number of ether oxygens (including phenoxy) is 1. The lowest BCUT2D eigenvalue weighted by Crippen LogP contribution is -2.56. The van der Waals surface area contributed by atoms with E-state index in [0.29, 0.717) is 19.7 Å². The van der Waals surface area contributed by atoms with Crippen molar-refractivity contribution in [1.29, 1.82) is 0 Å². The van der Waals surface area contributed by atoms with Crippen LogP contribution in [0.25, 0.3) is 0 Å². The van der Waals surface area contributed by atoms with Gasteiger partial charge in [-0.2, -0.15) is 0 Å². The maximum Gasteiger partial charge on any atom is 0.242 e. The van der Waals surface area contributed by atoms with Crippen LogP contribution in [-0.2, 0) is 16.1 Å². The van der Waals surface area contributed by atoms with Crippen molar-refractivity contribution < 1.29 is 9.53 Å². The van der Waals surface area contributed by atoms with Gasteiger partial charge >= 0.3 is 0 Å². The fourth-order valence-electron chi connectivity index (χ4n) is 2.41. The lowest BCUT2D eigenvalue weighted by molar-refractivity contribution is -0.139. The molecule has 1 N–H and O–H groups in total. The molecule has 1 amide bonds. The number of carbonyl (C=O) groups excluding carboxylic acids is 1. The van der Waals surface area contributed by atoms with Gasteiger partial charge < -0.3 is 15.0 Å². The van der Waals surface area contributed by atoms with E-state index >= 15 is 0 Å². The Kier molecular flexibility index (Phi) is 7.66. The van der Waals surface area contributed by atoms with Crippen molar-refractivity contribution in [2.75, 3.05) is 19.7 Å². The molecular weight excluding hydrogens is 356 g/mol. The van der Waals surface area contributed by atoms with E-state index in [1.807, 2.05) is 43.0 Å². The highest BCUT2D eigenvalue weighted by Gasteiger charge is 2.31. The first-order valence-electron chi connectivity index (χ1n) is 7.00. The summed E-state index contributed by atoms with van der Waals surface area (Å²) >= 11 is 3.46. The van der Waals surface area contributed by atoms with Crippen molar-refractivity contribution in [2.45, 2.75) is 32.5 Å². The number of likely N-dealkylation sites (N-methyl/N-ethyl adjacent to an activating group) is 1. The first kappa shape index (κ1) is 18.4. The van der Waals surface area contributed by atoms with E-state index in [-0.39, 0.29) is 30.5 Å². The highest BCUT2D eigenvalue weighted by Crippen LogP contribution is 2.15. The molecule has 1 heterocycles. The lowest BCUT2D eigenvalue weighted by Gasteiger charge is -2.33. The normalized spacial score (nSPS) is 21.5. The molecule has 1 fully saturated rings. The van der Waals surface area contributed by atoms with Gasteiger partial charge in [0.1, 0.15) is 6.04 Å². The zero-order chi connectivity index (χ0) is 14.5. The van der Waals surface area contributed by atoms with Gasteiger partial charge in [-0.25, -0.2) is 0 Å². The highest BCUT2D eigenvalue weighted by atomic mass is 79.9. The van der Waals surface area contributed by atoms with Crippen molar-refractivity contribution in [1.82, 2.24) is 10.2 Å². The first-order chi connectivity index (χ1) is 9.61. The number of halogens is 2. The summed E-state index contributed by atoms with van der Waals surface area (Å²) in [6, 6.07) is 7.82. The molecule has 0 aromatic heterocycles. The molecule has 1 aliphatic heterocycles. The summed E-state index contributed by atoms with van der Waals surface area (Å²) in [5, 5.41) is 3.26. The van der Waals surface area contributed by atoms with Crippen LogP contribution >= 0.6 is 28.3 Å². The molecule has 2 rings (SSSR count). The van der Waals surface area contributed by atoms with Crippen LogP contribution in [0.1, 0.15) is 19.4 Å². The largest absolute Gasteiger partial charge is 0.375 e. The Labute approximate surface area is 140 Å². The Morgan fingerprint density at radius 2 is 2.29 bits per heavy atom. The number of carbonyl (C=O) groups is 1. The molecule has 0 bridgehead atoms. The van der Waals surface area contributed by atoms with E-state index in [1.54, 1.807) is 0 Å². The number of rotatable bonds is 4. The third-order valence-electron chi connectivity index (χ3n) is 3.54. The van der Waals surface area contributed by atoms with Gasteiger partial charge in [0.15, 0.2) is 0 Å². The predicted octanol–water partition coefficient (Wildman–Crippen LogP) is 2.60. The van der Waals surface area contributed by atoms with E-state index in [9.17, 15) is 4.79 Å². The quantitative estimate of drug-likeness (QED) is 0.877. The van der Waals surface area contributed by atoms with Gasteiger partial charge in [0, 0.05) is 24.1 Å². The number of amides is 1. The maximum absolute atomic E-state index is 12.6. The van der Waals surface area contributed by atoms with Gasteiger partial charge in [0.2, 0.25) is 5.91 Å². The van der Waals surface area contributed by atoms with Gasteiger partial charge in [-0.3, -0.25) is 4.79 Å². The molecule has 4 nitrogen and oxygen atoms in total. The van der Waals surface area contributed by atoms with Gasteiger partial charge in [-0.1, -0.05) is 28.1 Å². The van der Waals surface area contributed by atoms with Crippen molar-refractivity contribution >= 4 is 34.2 Å². The van der Waals surface area contributed by atoms with Crippen molar-refractivity contribution in [3.05, 3.63) is 34.3 Å². The van der Waals surface area contributed by atoms with E-state index in [1.165, 1.54) is 0 Å². The summed E-state index contributed by atoms with van der Waals surface area (Å²) in [4.78, 5) is 14.5. The standard InChI is InChI=1S/C15H21BrN2O2.ClH/c1-3-18(10-12-5-4-6-13(16)9-12)15(19)14-11(2)20-8-7-17-14;/h4-6,9,11,14,17H,3,7-8,10H2,1-2H3;1H/t11-,14+;/m1./s1. The van der Waals surface area contributed by atoms with Crippen molar-refractivity contribution in [3.63, 3.8) is 0 Å². The summed E-state index contributed by atoms with van der Waals surface area (Å²) in [5.74, 6) is 0.111. The molecule has 0 saturated carbocycles. The smallest absolute Gasteiger partial charge is 0.242 e. The second kappa shape index (κ2) is 8.73. The van der Waals surface area contributed by atoms with Crippen LogP contribution in [0.3, 0.4) is 0 Å². The molecule has 0 radical (unpaired) electrons. The number of hydrogen-bond donors (Lipinski definition) is 1. The average molecular weight is 378 g/mol. The zero-order valence-electron chi connectivity index (χ0n) is 12.3. The minimum Gasteiger partial charge on any atom is -0.375 e. The molecule has 1 aromatic carbocycles. The fraction of sp³-hybridized carbons (Fsp3) is 0.533. The number of hydrogen-bond acceptors (Lipinski definition) is 3. The summed E-state index contributed by atoms with van der Waals surface area (Å²) in [7, 11) is 0. The fourth-order valence-corrected chi connectivity index (χ4v) is 2.85. The molecule has 0 aliphatic carbocycles. The molecule has 1 saturated heterocycles. The monoisotopic (exact) mass is 376 g/mol. The molecule has 1 aromatic rings. The van der Waals surface area contributed by atoms with Crippen molar-refractivity contribution in [3.8, 4) is 0 Å². The highest BCUT2D eigenvalue weighted by molar-refractivity contribution is 9.10. The third kappa shape index (κ3) is 4.95. The zero-order valence-corrected chi connectivity index (χ0v) is 14.7. The Bertz CT molecular complexity index is 473. The van der Waals surface area contributed by atoms with Crippen LogP contribution in [0.15, 0.2) is 28.7 Å². The molecule has 6 heteroatoms. The van der Waals surface area contributed by atoms with Crippen LogP contribution in [0.5, 0.6) is 0 Å². The molecule has 0 unspecified atom stereocenters. The molecule has 2 atom stereocenters. The Hall–Kier alpha value is -0.620. The second-order valence-corrected chi connectivity index (χ2v) is 5.91. The van der Waals surface area contributed by atoms with Crippen LogP contribution in [-0.4, -0.2) is 42.6 Å². The van der Waals surface area contributed by atoms with Gasteiger partial charge in [0.05, 0.1) is 12.7 Å². The SMILES string of the molecule is CCN(Cc1cccc(Br)c1)C(=O)[C@H]1NCCO[C@@H]1C.Cl. The predicted molar refractivity (Wildman–Crippen MR) is 89.7 cm³/mol. The van der Waals surface area contributed by atoms with E-state index in [0.717, 1.165) is 16.6 Å². The molecule has 118 valence electrons. The lowest BCUT2D eigenvalue weighted by atomic mass is 10.1. The molecular formula is C15H22BrClN2O2. The van der Waals surface area contributed by atoms with Gasteiger partial charge in [-0.15, -0.1) is 12.4 Å². The van der Waals surface area contributed by atoms with E-state index in [2.05, 4.69) is 21.2 Å². The van der Waals surface area contributed by atoms with Crippen LogP contribution in [0, 0.1) is 0 Å². The van der Waals surface area contributed by atoms with E-state index < -0.39 is 0 Å². The number of nitrogens with zero attached hydrogens (tertiary/aromatic N) is 1. The average Bonchev–Trinajstić information content (AvgIpc) is 2.44. The van der Waals surface area contributed by atoms with Crippen LogP contribution in [0.2, 0.25) is 0 Å². The van der Waals surface area contributed by atoms with Gasteiger partial charge in [0.25, 0.3) is 0 Å². The topological polar surface area (TPSA) is 41.6 Å². The molecule has 0 spiro atoms. The van der Waals surface area contributed by atoms with Gasteiger partial charge in [-0.05, 0) is 31.5 Å². The number of morpholine rings is 1. The third-order valence-corrected chi connectivity index (χ3v) is 4.03. The molecule has 21 heavy (non-hydrogen) atoms. The summed E-state index contributed by atoms with van der Waals surface area (Å²) in [5.41, 5.74) is 1.12. The Balaban J connectivity index is 0.00000220. The summed E-state index contributed by atoms with van der Waals surface area (Å²) < 4.78 is 6.59.